The third-order valence-electron chi connectivity index (χ3n) is 1.79. The highest BCUT2D eigenvalue weighted by molar-refractivity contribution is 5.84. The van der Waals surface area contributed by atoms with Crippen LogP contribution in [0.1, 0.15) is 16.2 Å². The number of carboxylic acids is 1. The maximum absolute atomic E-state index is 10.5. The minimum absolute atomic E-state index is 0.141. The van der Waals surface area contributed by atoms with E-state index in [1.807, 2.05) is 0 Å². The molecule has 0 aliphatic carbocycles. The van der Waals surface area contributed by atoms with Crippen molar-refractivity contribution in [1.29, 1.82) is 0 Å². The van der Waals surface area contributed by atoms with E-state index >= 15 is 0 Å². The van der Waals surface area contributed by atoms with E-state index in [4.69, 9.17) is 9.84 Å². The number of rotatable bonds is 4. The highest BCUT2D eigenvalue weighted by Gasteiger charge is 2.11. The summed E-state index contributed by atoms with van der Waals surface area (Å²) in [6.07, 6.45) is 3.18. The topological polar surface area (TPSA) is 85.5 Å². The second-order valence-electron chi connectivity index (χ2n) is 2.97. The minimum atomic E-state index is -1.15. The summed E-state index contributed by atoms with van der Waals surface area (Å²) in [7, 11) is 0. The number of hydrogen-bond donors (Lipinski definition) is 1. The smallest absolute Gasteiger partial charge is 0.374 e. The maximum atomic E-state index is 10.5. The normalized spacial score (nSPS) is 10.0. The SMILES string of the molecule is O=C(O)c1cc(COc2cccnc2)no1. The van der Waals surface area contributed by atoms with Gasteiger partial charge in [-0.25, -0.2) is 4.79 Å². The third-order valence-corrected chi connectivity index (χ3v) is 1.79. The van der Waals surface area contributed by atoms with Gasteiger partial charge >= 0.3 is 5.97 Å². The van der Waals surface area contributed by atoms with E-state index in [1.54, 1.807) is 24.5 Å². The first-order valence-electron chi connectivity index (χ1n) is 4.47. The summed E-state index contributed by atoms with van der Waals surface area (Å²) < 4.78 is 9.88. The third kappa shape index (κ3) is 2.35. The van der Waals surface area contributed by atoms with Crippen molar-refractivity contribution in [2.45, 2.75) is 6.61 Å². The molecule has 1 N–H and O–H groups in total. The van der Waals surface area contributed by atoms with Crippen molar-refractivity contribution >= 4 is 5.97 Å². The lowest BCUT2D eigenvalue weighted by Crippen LogP contribution is -1.96. The molecule has 16 heavy (non-hydrogen) atoms. The van der Waals surface area contributed by atoms with E-state index in [9.17, 15) is 4.79 Å². The minimum Gasteiger partial charge on any atom is -0.486 e. The zero-order chi connectivity index (χ0) is 11.4. The van der Waals surface area contributed by atoms with Gasteiger partial charge in [0.25, 0.3) is 0 Å². The average Bonchev–Trinajstić information content (AvgIpc) is 2.76. The Morgan fingerprint density at radius 3 is 3.06 bits per heavy atom. The molecule has 0 spiro atoms. The van der Waals surface area contributed by atoms with Gasteiger partial charge in [0.15, 0.2) is 0 Å². The Morgan fingerprint density at radius 1 is 1.56 bits per heavy atom. The fourth-order valence-electron chi connectivity index (χ4n) is 1.07. The summed E-state index contributed by atoms with van der Waals surface area (Å²) in [5.41, 5.74) is 0.418. The van der Waals surface area contributed by atoms with Gasteiger partial charge in [-0.1, -0.05) is 5.16 Å². The molecule has 0 saturated heterocycles. The fourth-order valence-corrected chi connectivity index (χ4v) is 1.07. The van der Waals surface area contributed by atoms with Crippen molar-refractivity contribution in [3.05, 3.63) is 42.0 Å². The number of hydrogen-bond acceptors (Lipinski definition) is 5. The molecular formula is C10H8N2O4. The first kappa shape index (κ1) is 10.2. The summed E-state index contributed by atoms with van der Waals surface area (Å²) in [6.45, 7) is 0.141. The molecule has 0 aliphatic heterocycles. The standard InChI is InChI=1S/C10H8N2O4/c13-10(14)9-4-7(12-16-9)6-15-8-2-1-3-11-5-8/h1-5H,6H2,(H,13,14). The lowest BCUT2D eigenvalue weighted by atomic mass is 10.4. The van der Waals surface area contributed by atoms with Crippen molar-refractivity contribution in [2.75, 3.05) is 0 Å². The van der Waals surface area contributed by atoms with Gasteiger partial charge in [-0.2, -0.15) is 0 Å². The van der Waals surface area contributed by atoms with Crippen LogP contribution in [0.4, 0.5) is 0 Å². The second kappa shape index (κ2) is 4.43. The van der Waals surface area contributed by atoms with Gasteiger partial charge in [0, 0.05) is 12.3 Å². The monoisotopic (exact) mass is 220 g/mol. The van der Waals surface area contributed by atoms with Gasteiger partial charge in [-0.15, -0.1) is 0 Å². The predicted molar refractivity (Wildman–Crippen MR) is 52.0 cm³/mol. The summed E-state index contributed by atoms with van der Waals surface area (Å²) in [4.78, 5) is 14.4. The lowest BCUT2D eigenvalue weighted by Gasteiger charge is -2.01. The second-order valence-corrected chi connectivity index (χ2v) is 2.97. The molecular weight excluding hydrogens is 212 g/mol. The van der Waals surface area contributed by atoms with E-state index in [0.717, 1.165) is 0 Å². The van der Waals surface area contributed by atoms with E-state index in [2.05, 4.69) is 14.7 Å². The molecule has 0 fully saturated rings. The summed E-state index contributed by atoms with van der Waals surface area (Å²) in [6, 6.07) is 4.80. The number of pyridine rings is 1. The molecule has 0 radical (unpaired) electrons. The Bertz CT molecular complexity index is 481. The van der Waals surface area contributed by atoms with Crippen molar-refractivity contribution in [1.82, 2.24) is 10.1 Å². The van der Waals surface area contributed by atoms with Crippen LogP contribution in [0, 0.1) is 0 Å². The zero-order valence-electron chi connectivity index (χ0n) is 8.16. The van der Waals surface area contributed by atoms with Crippen LogP contribution in [0.3, 0.4) is 0 Å². The average molecular weight is 220 g/mol. The molecule has 0 aromatic carbocycles. The maximum Gasteiger partial charge on any atom is 0.374 e. The van der Waals surface area contributed by atoms with Crippen LogP contribution in [0.15, 0.2) is 35.1 Å². The van der Waals surface area contributed by atoms with Crippen LogP contribution in [-0.2, 0) is 6.61 Å². The van der Waals surface area contributed by atoms with E-state index in [1.165, 1.54) is 6.07 Å². The van der Waals surface area contributed by atoms with Crippen LogP contribution >= 0.6 is 0 Å². The van der Waals surface area contributed by atoms with Gasteiger partial charge in [0.05, 0.1) is 6.20 Å². The van der Waals surface area contributed by atoms with Crippen molar-refractivity contribution in [3.8, 4) is 5.75 Å². The highest BCUT2D eigenvalue weighted by Crippen LogP contribution is 2.10. The molecule has 82 valence electrons. The first-order valence-corrected chi connectivity index (χ1v) is 4.47. The quantitative estimate of drug-likeness (QED) is 0.836. The number of carbonyl (C=O) groups is 1. The molecule has 0 bridgehead atoms. The van der Waals surface area contributed by atoms with Gasteiger partial charge in [-0.3, -0.25) is 4.98 Å². The molecule has 0 unspecified atom stereocenters. The van der Waals surface area contributed by atoms with Crippen molar-refractivity contribution in [2.24, 2.45) is 0 Å². The lowest BCUT2D eigenvalue weighted by molar-refractivity contribution is 0.0651. The van der Waals surface area contributed by atoms with Gasteiger partial charge in [0.1, 0.15) is 18.1 Å². The van der Waals surface area contributed by atoms with Gasteiger partial charge < -0.3 is 14.4 Å². The van der Waals surface area contributed by atoms with Crippen LogP contribution < -0.4 is 4.74 Å². The number of aromatic carboxylic acids is 1. The Morgan fingerprint density at radius 2 is 2.44 bits per heavy atom. The molecule has 6 heteroatoms. The Balaban J connectivity index is 1.97. The number of ether oxygens (including phenoxy) is 1. The van der Waals surface area contributed by atoms with Crippen LogP contribution in [-0.4, -0.2) is 21.2 Å². The molecule has 2 rings (SSSR count). The van der Waals surface area contributed by atoms with Gasteiger partial charge in [-0.05, 0) is 12.1 Å². The highest BCUT2D eigenvalue weighted by atomic mass is 16.5. The summed E-state index contributed by atoms with van der Waals surface area (Å²) in [5, 5.41) is 12.2. The molecule has 0 aliphatic rings. The number of carboxylic acid groups (broad SMARTS) is 1. The van der Waals surface area contributed by atoms with E-state index in [-0.39, 0.29) is 12.4 Å². The molecule has 2 aromatic heterocycles. The predicted octanol–water partition coefficient (Wildman–Crippen LogP) is 1.35. The Kier molecular flexibility index (Phi) is 2.81. The fraction of sp³-hybridized carbons (Fsp3) is 0.100. The Labute approximate surface area is 90.5 Å². The van der Waals surface area contributed by atoms with Crippen LogP contribution in [0.5, 0.6) is 5.75 Å². The van der Waals surface area contributed by atoms with Crippen molar-refractivity contribution in [3.63, 3.8) is 0 Å². The molecule has 2 aromatic rings. The van der Waals surface area contributed by atoms with Crippen LogP contribution in [0.2, 0.25) is 0 Å². The summed E-state index contributed by atoms with van der Waals surface area (Å²) in [5.74, 6) is -0.771. The molecule has 0 atom stereocenters. The largest absolute Gasteiger partial charge is 0.486 e. The van der Waals surface area contributed by atoms with E-state index < -0.39 is 5.97 Å². The zero-order valence-corrected chi connectivity index (χ0v) is 8.16. The molecule has 2 heterocycles. The molecule has 0 saturated carbocycles. The first-order chi connectivity index (χ1) is 7.75. The Hall–Kier alpha value is -2.37. The molecule has 6 nitrogen and oxygen atoms in total. The summed E-state index contributed by atoms with van der Waals surface area (Å²) >= 11 is 0. The number of nitrogens with zero attached hydrogens (tertiary/aromatic N) is 2. The van der Waals surface area contributed by atoms with Gasteiger partial charge in [0.2, 0.25) is 5.76 Å². The van der Waals surface area contributed by atoms with Crippen molar-refractivity contribution < 1.29 is 19.2 Å². The molecule has 0 amide bonds. The van der Waals surface area contributed by atoms with E-state index in [0.29, 0.717) is 11.4 Å². The van der Waals surface area contributed by atoms with Crippen LogP contribution in [0.25, 0.3) is 0 Å². The number of aromatic nitrogens is 2.